The summed E-state index contributed by atoms with van der Waals surface area (Å²) in [5.74, 6) is 0.784. The molecule has 0 spiro atoms. The molecular formula is C14H20IN. The topological polar surface area (TPSA) is 3.24 Å². The van der Waals surface area contributed by atoms with E-state index < -0.39 is 0 Å². The minimum absolute atomic E-state index is 0.784. The molecule has 1 aromatic carbocycles. The van der Waals surface area contributed by atoms with Gasteiger partial charge in [-0.2, -0.15) is 0 Å². The summed E-state index contributed by atoms with van der Waals surface area (Å²) in [6.45, 7) is 7.09. The fourth-order valence-electron chi connectivity index (χ4n) is 2.63. The van der Waals surface area contributed by atoms with Crippen LogP contribution in [0.3, 0.4) is 0 Å². The van der Waals surface area contributed by atoms with Crippen molar-refractivity contribution in [3.8, 4) is 0 Å². The first-order chi connectivity index (χ1) is 7.66. The van der Waals surface area contributed by atoms with E-state index in [1.165, 1.54) is 28.5 Å². The van der Waals surface area contributed by atoms with Gasteiger partial charge in [-0.3, -0.25) is 4.90 Å². The average Bonchev–Trinajstić information content (AvgIpc) is 2.69. The molecule has 0 N–H and O–H groups in total. The average molecular weight is 329 g/mol. The largest absolute Gasteiger partial charge is 0.296 e. The van der Waals surface area contributed by atoms with Gasteiger partial charge in [-0.15, -0.1) is 0 Å². The maximum absolute atomic E-state index is 2.65. The monoisotopic (exact) mass is 329 g/mol. The number of nitrogens with zero attached hydrogens (tertiary/aromatic N) is 1. The van der Waals surface area contributed by atoms with Crippen molar-refractivity contribution < 1.29 is 0 Å². The summed E-state index contributed by atoms with van der Waals surface area (Å²) < 4.78 is 1.32. The third-order valence-corrected chi connectivity index (χ3v) is 4.20. The van der Waals surface area contributed by atoms with E-state index in [4.69, 9.17) is 0 Å². The summed E-state index contributed by atoms with van der Waals surface area (Å²) in [5, 5.41) is 0. The number of benzene rings is 1. The molecule has 1 aliphatic rings. The Morgan fingerprint density at radius 1 is 1.31 bits per heavy atom. The molecule has 16 heavy (non-hydrogen) atoms. The highest BCUT2D eigenvalue weighted by Gasteiger charge is 2.26. The Kier molecular flexibility index (Phi) is 4.25. The summed E-state index contributed by atoms with van der Waals surface area (Å²) in [6.07, 6.45) is 2.75. The number of halogens is 1. The van der Waals surface area contributed by atoms with E-state index in [0.717, 1.165) is 18.5 Å². The van der Waals surface area contributed by atoms with Gasteiger partial charge in [0.1, 0.15) is 0 Å². The molecule has 0 amide bonds. The minimum Gasteiger partial charge on any atom is -0.296 e. The van der Waals surface area contributed by atoms with Crippen LogP contribution in [0.1, 0.15) is 32.3 Å². The van der Waals surface area contributed by atoms with E-state index >= 15 is 0 Å². The zero-order valence-corrected chi connectivity index (χ0v) is 12.3. The molecule has 0 aliphatic carbocycles. The molecule has 1 unspecified atom stereocenters. The first kappa shape index (κ1) is 12.4. The van der Waals surface area contributed by atoms with Crippen molar-refractivity contribution in [1.29, 1.82) is 0 Å². The molecule has 0 bridgehead atoms. The Hall–Kier alpha value is -0.0900. The van der Waals surface area contributed by atoms with Gasteiger partial charge in [0.05, 0.1) is 0 Å². The second-order valence-corrected chi connectivity index (χ2v) is 6.30. The molecule has 1 saturated heterocycles. The van der Waals surface area contributed by atoms with E-state index in [0.29, 0.717) is 0 Å². The summed E-state index contributed by atoms with van der Waals surface area (Å²) >= 11 is 2.36. The van der Waals surface area contributed by atoms with Gasteiger partial charge in [-0.1, -0.05) is 26.0 Å². The predicted octanol–water partition coefficient (Wildman–Crippen LogP) is 3.91. The lowest BCUT2D eigenvalue weighted by molar-refractivity contribution is 0.199. The van der Waals surface area contributed by atoms with Crippen LogP contribution < -0.4 is 0 Å². The second kappa shape index (κ2) is 5.50. The molecular weight excluding hydrogens is 309 g/mol. The third-order valence-electron chi connectivity index (χ3n) is 3.48. The van der Waals surface area contributed by atoms with Gasteiger partial charge in [0.15, 0.2) is 0 Å². The van der Waals surface area contributed by atoms with Crippen molar-refractivity contribution in [3.05, 3.63) is 33.4 Å². The van der Waals surface area contributed by atoms with Gasteiger partial charge in [0.25, 0.3) is 0 Å². The van der Waals surface area contributed by atoms with Crippen LogP contribution in [0.2, 0.25) is 0 Å². The second-order valence-electron chi connectivity index (χ2n) is 5.05. The highest BCUT2D eigenvalue weighted by Crippen LogP contribution is 2.25. The molecule has 1 aromatic rings. The Bertz CT molecular complexity index is 331. The Morgan fingerprint density at radius 3 is 2.62 bits per heavy atom. The van der Waals surface area contributed by atoms with Gasteiger partial charge in [-0.25, -0.2) is 0 Å². The maximum atomic E-state index is 2.65. The van der Waals surface area contributed by atoms with Crippen molar-refractivity contribution in [2.24, 2.45) is 5.92 Å². The predicted molar refractivity (Wildman–Crippen MR) is 77.4 cm³/mol. The van der Waals surface area contributed by atoms with Gasteiger partial charge < -0.3 is 0 Å². The SMILES string of the molecule is CC(C)C1CCCN1Cc1ccc(I)cc1. The summed E-state index contributed by atoms with van der Waals surface area (Å²) in [6, 6.07) is 9.72. The van der Waals surface area contributed by atoms with Crippen LogP contribution in [-0.2, 0) is 6.54 Å². The number of rotatable bonds is 3. The van der Waals surface area contributed by atoms with Crippen LogP contribution in [-0.4, -0.2) is 17.5 Å². The maximum Gasteiger partial charge on any atom is 0.0236 e. The van der Waals surface area contributed by atoms with E-state index in [-0.39, 0.29) is 0 Å². The first-order valence-corrected chi connectivity index (χ1v) is 7.23. The lowest BCUT2D eigenvalue weighted by atomic mass is 10.0. The standard InChI is InChI=1S/C14H20IN/c1-11(2)14-4-3-9-16(14)10-12-5-7-13(15)8-6-12/h5-8,11,14H,3-4,9-10H2,1-2H3. The molecule has 1 aliphatic heterocycles. The molecule has 1 nitrogen and oxygen atoms in total. The van der Waals surface area contributed by atoms with E-state index in [2.05, 4.69) is 65.6 Å². The van der Waals surface area contributed by atoms with Gasteiger partial charge in [0, 0.05) is 16.2 Å². The molecule has 0 saturated carbocycles. The Labute approximate surface area is 112 Å². The number of likely N-dealkylation sites (tertiary alicyclic amines) is 1. The smallest absolute Gasteiger partial charge is 0.0236 e. The van der Waals surface area contributed by atoms with Crippen LogP contribution in [0.4, 0.5) is 0 Å². The summed E-state index contributed by atoms with van der Waals surface area (Å²) in [5.41, 5.74) is 1.45. The third kappa shape index (κ3) is 2.98. The van der Waals surface area contributed by atoms with Gasteiger partial charge in [0.2, 0.25) is 0 Å². The van der Waals surface area contributed by atoms with Crippen LogP contribution in [0.5, 0.6) is 0 Å². The number of hydrogen-bond acceptors (Lipinski definition) is 1. The Morgan fingerprint density at radius 2 is 2.00 bits per heavy atom. The van der Waals surface area contributed by atoms with Gasteiger partial charge >= 0.3 is 0 Å². The van der Waals surface area contributed by atoms with Crippen molar-refractivity contribution in [1.82, 2.24) is 4.90 Å². The van der Waals surface area contributed by atoms with E-state index in [9.17, 15) is 0 Å². The van der Waals surface area contributed by atoms with Crippen LogP contribution in [0, 0.1) is 9.49 Å². The van der Waals surface area contributed by atoms with Crippen LogP contribution in [0.25, 0.3) is 0 Å². The molecule has 88 valence electrons. The summed E-state index contributed by atoms with van der Waals surface area (Å²) in [4.78, 5) is 2.65. The summed E-state index contributed by atoms with van der Waals surface area (Å²) in [7, 11) is 0. The quantitative estimate of drug-likeness (QED) is 0.760. The zero-order valence-electron chi connectivity index (χ0n) is 10.1. The molecule has 0 radical (unpaired) electrons. The molecule has 2 heteroatoms. The first-order valence-electron chi connectivity index (χ1n) is 6.15. The molecule has 1 atom stereocenters. The molecule has 0 aromatic heterocycles. The molecule has 1 heterocycles. The van der Waals surface area contributed by atoms with Gasteiger partial charge in [-0.05, 0) is 65.6 Å². The van der Waals surface area contributed by atoms with Crippen molar-refractivity contribution >= 4 is 22.6 Å². The normalized spacial score (nSPS) is 21.9. The fourth-order valence-corrected chi connectivity index (χ4v) is 2.99. The van der Waals surface area contributed by atoms with Crippen molar-refractivity contribution in [3.63, 3.8) is 0 Å². The highest BCUT2D eigenvalue weighted by molar-refractivity contribution is 14.1. The highest BCUT2D eigenvalue weighted by atomic mass is 127. The van der Waals surface area contributed by atoms with Crippen molar-refractivity contribution in [2.75, 3.05) is 6.54 Å². The van der Waals surface area contributed by atoms with Crippen LogP contribution in [0.15, 0.2) is 24.3 Å². The van der Waals surface area contributed by atoms with Crippen LogP contribution >= 0.6 is 22.6 Å². The molecule has 1 fully saturated rings. The lowest BCUT2D eigenvalue weighted by Gasteiger charge is -2.27. The number of hydrogen-bond donors (Lipinski definition) is 0. The zero-order chi connectivity index (χ0) is 11.5. The Balaban J connectivity index is 2.01. The lowest BCUT2D eigenvalue weighted by Crippen LogP contribution is -2.32. The van der Waals surface area contributed by atoms with E-state index in [1.54, 1.807) is 0 Å². The van der Waals surface area contributed by atoms with E-state index in [1.807, 2.05) is 0 Å². The van der Waals surface area contributed by atoms with Crippen molar-refractivity contribution in [2.45, 2.75) is 39.3 Å². The molecule has 2 rings (SSSR count). The fraction of sp³-hybridized carbons (Fsp3) is 0.571. The minimum atomic E-state index is 0.784.